The molecular weight excluding hydrogens is 216 g/mol. The Morgan fingerprint density at radius 2 is 2.12 bits per heavy atom. The second-order valence-electron chi connectivity index (χ2n) is 3.74. The molecule has 0 saturated heterocycles. The van der Waals surface area contributed by atoms with Gasteiger partial charge in [0.15, 0.2) is 5.69 Å². The summed E-state index contributed by atoms with van der Waals surface area (Å²) in [6.45, 7) is 3.94. The quantitative estimate of drug-likeness (QED) is 0.804. The second-order valence-corrected chi connectivity index (χ2v) is 3.74. The summed E-state index contributed by atoms with van der Waals surface area (Å²) in [7, 11) is 0. The van der Waals surface area contributed by atoms with Gasteiger partial charge < -0.3 is 10.5 Å². The van der Waals surface area contributed by atoms with E-state index in [2.05, 4.69) is 4.98 Å². The van der Waals surface area contributed by atoms with Crippen molar-refractivity contribution in [2.75, 3.05) is 12.3 Å². The zero-order chi connectivity index (χ0) is 12.4. The highest BCUT2D eigenvalue weighted by molar-refractivity contribution is 5.99. The van der Waals surface area contributed by atoms with Crippen molar-refractivity contribution < 1.29 is 9.53 Å². The predicted molar refractivity (Wildman–Crippen MR) is 66.8 cm³/mol. The molecule has 4 nitrogen and oxygen atoms in total. The van der Waals surface area contributed by atoms with Crippen molar-refractivity contribution in [2.45, 2.75) is 13.8 Å². The van der Waals surface area contributed by atoms with E-state index in [1.165, 1.54) is 0 Å². The first-order chi connectivity index (χ1) is 8.15. The molecule has 4 heteroatoms. The topological polar surface area (TPSA) is 65.2 Å². The molecule has 2 aromatic rings. The Labute approximate surface area is 99.4 Å². The molecule has 0 aliphatic carbocycles. The lowest BCUT2D eigenvalue weighted by Crippen LogP contribution is -2.12. The molecule has 0 atom stereocenters. The number of hydrogen-bond acceptors (Lipinski definition) is 4. The second kappa shape index (κ2) is 4.41. The van der Waals surface area contributed by atoms with Crippen LogP contribution >= 0.6 is 0 Å². The molecule has 88 valence electrons. The number of ether oxygens (including phenoxy) is 1. The molecule has 0 unspecified atom stereocenters. The third-order valence-corrected chi connectivity index (χ3v) is 2.67. The zero-order valence-corrected chi connectivity index (χ0v) is 9.86. The van der Waals surface area contributed by atoms with Gasteiger partial charge in [0.2, 0.25) is 0 Å². The van der Waals surface area contributed by atoms with Crippen LogP contribution in [-0.2, 0) is 4.74 Å². The van der Waals surface area contributed by atoms with E-state index in [1.807, 2.05) is 31.2 Å². The van der Waals surface area contributed by atoms with Crippen LogP contribution in [-0.4, -0.2) is 17.6 Å². The standard InChI is InChI=1S/C13H14N2O2/c1-3-17-13(16)12-11(14)8(2)9-6-4-5-7-10(9)15-12/h4-7H,3,14H2,1-2H3. The van der Waals surface area contributed by atoms with Crippen molar-refractivity contribution in [3.63, 3.8) is 0 Å². The SMILES string of the molecule is CCOC(=O)c1nc2ccccc2c(C)c1N. The van der Waals surface area contributed by atoms with E-state index in [1.54, 1.807) is 6.92 Å². The summed E-state index contributed by atoms with van der Waals surface area (Å²) in [4.78, 5) is 16.0. The van der Waals surface area contributed by atoms with Gasteiger partial charge in [-0.25, -0.2) is 9.78 Å². The van der Waals surface area contributed by atoms with Gasteiger partial charge in [-0.1, -0.05) is 18.2 Å². The van der Waals surface area contributed by atoms with Crippen molar-refractivity contribution in [2.24, 2.45) is 0 Å². The molecule has 0 radical (unpaired) electrons. The van der Waals surface area contributed by atoms with Crippen LogP contribution in [0.4, 0.5) is 5.69 Å². The Balaban J connectivity index is 2.65. The Bertz CT molecular complexity index is 579. The summed E-state index contributed by atoms with van der Waals surface area (Å²) in [5.41, 5.74) is 8.12. The van der Waals surface area contributed by atoms with Gasteiger partial charge in [0.25, 0.3) is 0 Å². The number of aromatic nitrogens is 1. The number of nitrogens with zero attached hydrogens (tertiary/aromatic N) is 1. The molecule has 0 fully saturated rings. The minimum atomic E-state index is -0.473. The lowest BCUT2D eigenvalue weighted by molar-refractivity contribution is 0.0521. The van der Waals surface area contributed by atoms with Crippen LogP contribution in [0.15, 0.2) is 24.3 Å². The summed E-state index contributed by atoms with van der Waals surface area (Å²) >= 11 is 0. The van der Waals surface area contributed by atoms with Crippen molar-refractivity contribution in [1.82, 2.24) is 4.98 Å². The number of anilines is 1. The minimum Gasteiger partial charge on any atom is -0.461 e. The number of aryl methyl sites for hydroxylation is 1. The fraction of sp³-hybridized carbons (Fsp3) is 0.231. The Kier molecular flexibility index (Phi) is 2.95. The number of rotatable bonds is 2. The number of para-hydroxylation sites is 1. The summed E-state index contributed by atoms with van der Waals surface area (Å²) < 4.78 is 4.93. The number of benzene rings is 1. The molecule has 0 aliphatic heterocycles. The fourth-order valence-corrected chi connectivity index (χ4v) is 1.75. The van der Waals surface area contributed by atoms with E-state index in [-0.39, 0.29) is 5.69 Å². The van der Waals surface area contributed by atoms with Gasteiger partial charge in [-0.15, -0.1) is 0 Å². The molecule has 1 heterocycles. The molecule has 17 heavy (non-hydrogen) atoms. The van der Waals surface area contributed by atoms with Crippen molar-refractivity contribution in [3.8, 4) is 0 Å². The molecule has 0 spiro atoms. The van der Waals surface area contributed by atoms with Crippen LogP contribution in [0.3, 0.4) is 0 Å². The molecule has 0 bridgehead atoms. The molecular formula is C13H14N2O2. The van der Waals surface area contributed by atoms with E-state index < -0.39 is 5.97 Å². The average molecular weight is 230 g/mol. The number of nitrogens with two attached hydrogens (primary N) is 1. The normalized spacial score (nSPS) is 10.5. The van der Waals surface area contributed by atoms with Gasteiger partial charge in [0.1, 0.15) is 0 Å². The van der Waals surface area contributed by atoms with Crippen molar-refractivity contribution >= 4 is 22.6 Å². The van der Waals surface area contributed by atoms with Crippen LogP contribution in [0.25, 0.3) is 10.9 Å². The number of carbonyl (C=O) groups excluding carboxylic acids is 1. The van der Waals surface area contributed by atoms with Gasteiger partial charge in [-0.3, -0.25) is 0 Å². The zero-order valence-electron chi connectivity index (χ0n) is 9.86. The number of carbonyl (C=O) groups is 1. The predicted octanol–water partition coefficient (Wildman–Crippen LogP) is 2.30. The van der Waals surface area contributed by atoms with Gasteiger partial charge in [0.05, 0.1) is 17.8 Å². The minimum absolute atomic E-state index is 0.197. The van der Waals surface area contributed by atoms with Crippen molar-refractivity contribution in [3.05, 3.63) is 35.5 Å². The van der Waals surface area contributed by atoms with E-state index >= 15 is 0 Å². The van der Waals surface area contributed by atoms with E-state index in [0.717, 1.165) is 16.5 Å². The molecule has 0 saturated carbocycles. The Morgan fingerprint density at radius 1 is 1.41 bits per heavy atom. The molecule has 2 N–H and O–H groups in total. The number of pyridine rings is 1. The summed E-state index contributed by atoms with van der Waals surface area (Å²) in [6, 6.07) is 7.58. The van der Waals surface area contributed by atoms with Crippen LogP contribution in [0.1, 0.15) is 23.0 Å². The maximum Gasteiger partial charge on any atom is 0.359 e. The highest BCUT2D eigenvalue weighted by Gasteiger charge is 2.16. The molecule has 1 aromatic heterocycles. The average Bonchev–Trinajstić information content (AvgIpc) is 2.34. The van der Waals surface area contributed by atoms with Gasteiger partial charge in [-0.2, -0.15) is 0 Å². The highest BCUT2D eigenvalue weighted by atomic mass is 16.5. The van der Waals surface area contributed by atoms with Crippen LogP contribution < -0.4 is 5.73 Å². The third-order valence-electron chi connectivity index (χ3n) is 2.67. The van der Waals surface area contributed by atoms with E-state index in [0.29, 0.717) is 12.3 Å². The lowest BCUT2D eigenvalue weighted by Gasteiger charge is -2.10. The first kappa shape index (κ1) is 11.4. The first-order valence-electron chi connectivity index (χ1n) is 5.47. The molecule has 1 aromatic carbocycles. The van der Waals surface area contributed by atoms with E-state index in [4.69, 9.17) is 10.5 Å². The smallest absolute Gasteiger partial charge is 0.359 e. The Morgan fingerprint density at radius 3 is 2.82 bits per heavy atom. The number of fused-ring (bicyclic) bond motifs is 1. The maximum absolute atomic E-state index is 11.7. The van der Waals surface area contributed by atoms with Gasteiger partial charge in [0, 0.05) is 5.39 Å². The summed E-state index contributed by atoms with van der Waals surface area (Å²) in [6.07, 6.45) is 0. The molecule has 2 rings (SSSR count). The first-order valence-corrected chi connectivity index (χ1v) is 5.47. The fourth-order valence-electron chi connectivity index (χ4n) is 1.75. The van der Waals surface area contributed by atoms with Crippen LogP contribution in [0, 0.1) is 6.92 Å². The lowest BCUT2D eigenvalue weighted by atomic mass is 10.1. The largest absolute Gasteiger partial charge is 0.461 e. The monoisotopic (exact) mass is 230 g/mol. The molecule has 0 amide bonds. The number of esters is 1. The number of hydrogen-bond donors (Lipinski definition) is 1. The molecule has 0 aliphatic rings. The highest BCUT2D eigenvalue weighted by Crippen LogP contribution is 2.24. The number of nitrogen functional groups attached to an aromatic ring is 1. The summed E-state index contributed by atoms with van der Waals surface area (Å²) in [5, 5.41) is 0.957. The third kappa shape index (κ3) is 1.93. The van der Waals surface area contributed by atoms with Gasteiger partial charge >= 0.3 is 5.97 Å². The van der Waals surface area contributed by atoms with Crippen LogP contribution in [0.2, 0.25) is 0 Å². The van der Waals surface area contributed by atoms with Gasteiger partial charge in [-0.05, 0) is 25.5 Å². The van der Waals surface area contributed by atoms with E-state index in [9.17, 15) is 4.79 Å². The maximum atomic E-state index is 11.7. The van der Waals surface area contributed by atoms with Crippen LogP contribution in [0.5, 0.6) is 0 Å². The summed E-state index contributed by atoms with van der Waals surface area (Å²) in [5.74, 6) is -0.473. The Hall–Kier alpha value is -2.10. The van der Waals surface area contributed by atoms with Crippen molar-refractivity contribution in [1.29, 1.82) is 0 Å².